The first-order valence-electron chi connectivity index (χ1n) is 11.2. The van der Waals surface area contributed by atoms with Gasteiger partial charge in [0.2, 0.25) is 0 Å². The van der Waals surface area contributed by atoms with E-state index in [1.807, 2.05) is 6.92 Å². The lowest BCUT2D eigenvalue weighted by Gasteiger charge is -2.64. The Balaban J connectivity index is 1.51. The van der Waals surface area contributed by atoms with Crippen LogP contribution >= 0.6 is 0 Å². The zero-order chi connectivity index (χ0) is 19.9. The summed E-state index contributed by atoms with van der Waals surface area (Å²) >= 11 is 0. The molecule has 0 unspecified atom stereocenters. The molecule has 4 saturated carbocycles. The largest absolute Gasteiger partial charge is 0.458 e. The molecule has 3 N–H and O–H groups in total. The fourth-order valence-corrected chi connectivity index (χ4v) is 8.37. The molecular weight excluding hydrogens is 356 g/mol. The second kappa shape index (κ2) is 6.05. The molecule has 4 fully saturated rings. The number of rotatable bonds is 1. The Labute approximate surface area is 167 Å². The number of ether oxygens (including phenoxy) is 1. The van der Waals surface area contributed by atoms with E-state index in [0.29, 0.717) is 31.3 Å². The first kappa shape index (κ1) is 19.1. The van der Waals surface area contributed by atoms with Gasteiger partial charge in [0.05, 0.1) is 17.8 Å². The van der Waals surface area contributed by atoms with Crippen LogP contribution in [0.3, 0.4) is 0 Å². The van der Waals surface area contributed by atoms with Gasteiger partial charge < -0.3 is 20.1 Å². The Bertz CT molecular complexity index is 718. The van der Waals surface area contributed by atoms with Crippen molar-refractivity contribution in [3.63, 3.8) is 0 Å². The van der Waals surface area contributed by atoms with Crippen molar-refractivity contribution in [1.82, 2.24) is 0 Å². The predicted molar refractivity (Wildman–Crippen MR) is 103 cm³/mol. The van der Waals surface area contributed by atoms with Crippen LogP contribution in [0, 0.1) is 34.5 Å². The minimum atomic E-state index is -0.906. The highest BCUT2D eigenvalue weighted by Crippen LogP contribution is 2.69. The topological polar surface area (TPSA) is 87.0 Å². The molecule has 1 aliphatic heterocycles. The van der Waals surface area contributed by atoms with Gasteiger partial charge in [-0.05, 0) is 86.0 Å². The monoisotopic (exact) mass is 390 g/mol. The van der Waals surface area contributed by atoms with Crippen LogP contribution in [0.15, 0.2) is 11.6 Å². The number of aliphatic hydroxyl groups excluding tert-OH is 2. The number of hydrogen-bond donors (Lipinski definition) is 3. The molecule has 0 aromatic heterocycles. The third-order valence-corrected chi connectivity index (χ3v) is 10.0. The van der Waals surface area contributed by atoms with Gasteiger partial charge in [-0.1, -0.05) is 13.8 Å². The SMILES string of the molecule is C[C@]12CC[C@H](O)C[C@@H]1CC[C@@H]1[C@@H]2C[C@H](O)[C@]2(C)[C@@H](C3=CC(=O)OC3)CC[C@]12O. The number of esters is 1. The van der Waals surface area contributed by atoms with Crippen LogP contribution in [0.2, 0.25) is 0 Å². The zero-order valence-corrected chi connectivity index (χ0v) is 17.1. The van der Waals surface area contributed by atoms with Gasteiger partial charge in [0.25, 0.3) is 0 Å². The molecule has 0 saturated heterocycles. The second-order valence-corrected chi connectivity index (χ2v) is 10.8. The van der Waals surface area contributed by atoms with Crippen molar-refractivity contribution in [2.24, 2.45) is 34.5 Å². The maximum Gasteiger partial charge on any atom is 0.331 e. The Kier molecular flexibility index (Phi) is 4.12. The summed E-state index contributed by atoms with van der Waals surface area (Å²) in [6.45, 7) is 4.69. The molecule has 28 heavy (non-hydrogen) atoms. The number of carbonyl (C=O) groups excluding carboxylic acids is 1. The highest BCUT2D eigenvalue weighted by Gasteiger charge is 2.70. The molecule has 4 aliphatic carbocycles. The van der Waals surface area contributed by atoms with Crippen LogP contribution in [0.1, 0.15) is 65.2 Å². The summed E-state index contributed by atoms with van der Waals surface area (Å²) in [5, 5.41) is 33.7. The van der Waals surface area contributed by atoms with Crippen molar-refractivity contribution in [1.29, 1.82) is 0 Å². The molecule has 5 rings (SSSR count). The summed E-state index contributed by atoms with van der Waals surface area (Å²) in [6.07, 6.45) is 7.69. The average molecular weight is 391 g/mol. The highest BCUT2D eigenvalue weighted by molar-refractivity contribution is 5.85. The summed E-state index contributed by atoms with van der Waals surface area (Å²) < 4.78 is 5.16. The molecule has 0 amide bonds. The molecule has 0 spiro atoms. The van der Waals surface area contributed by atoms with Gasteiger partial charge in [-0.25, -0.2) is 4.79 Å². The van der Waals surface area contributed by atoms with Crippen LogP contribution in [0.5, 0.6) is 0 Å². The average Bonchev–Trinajstić information content (AvgIpc) is 3.19. The van der Waals surface area contributed by atoms with Crippen molar-refractivity contribution in [2.45, 2.75) is 83.0 Å². The van der Waals surface area contributed by atoms with Gasteiger partial charge in [-0.15, -0.1) is 0 Å². The van der Waals surface area contributed by atoms with E-state index in [0.717, 1.165) is 44.1 Å². The molecule has 0 aromatic carbocycles. The quantitative estimate of drug-likeness (QED) is 0.599. The summed E-state index contributed by atoms with van der Waals surface area (Å²) in [5.41, 5.74) is -0.507. The van der Waals surface area contributed by atoms with E-state index in [-0.39, 0.29) is 29.3 Å². The molecule has 156 valence electrons. The van der Waals surface area contributed by atoms with E-state index in [9.17, 15) is 20.1 Å². The van der Waals surface area contributed by atoms with Crippen molar-refractivity contribution in [3.8, 4) is 0 Å². The molecule has 0 radical (unpaired) electrons. The van der Waals surface area contributed by atoms with Crippen LogP contribution in [0.4, 0.5) is 0 Å². The van der Waals surface area contributed by atoms with E-state index < -0.39 is 17.1 Å². The van der Waals surface area contributed by atoms with Crippen molar-refractivity contribution >= 4 is 5.97 Å². The van der Waals surface area contributed by atoms with Gasteiger partial charge >= 0.3 is 5.97 Å². The number of aliphatic hydroxyl groups is 3. The van der Waals surface area contributed by atoms with Gasteiger partial charge in [-0.3, -0.25) is 0 Å². The normalized spacial score (nSPS) is 55.8. The van der Waals surface area contributed by atoms with Gasteiger partial charge in [0.15, 0.2) is 0 Å². The van der Waals surface area contributed by atoms with Gasteiger partial charge in [0.1, 0.15) is 6.61 Å². The number of carbonyl (C=O) groups is 1. The minimum Gasteiger partial charge on any atom is -0.458 e. The third-order valence-electron chi connectivity index (χ3n) is 10.0. The fourth-order valence-electron chi connectivity index (χ4n) is 8.37. The first-order chi connectivity index (χ1) is 13.2. The summed E-state index contributed by atoms with van der Waals surface area (Å²) in [5.74, 6) is 0.657. The molecular formula is C23H34O5. The lowest BCUT2D eigenvalue weighted by Crippen LogP contribution is -2.67. The molecule has 9 atom stereocenters. The standard InChI is InChI=1S/C23H34O5/c1-21-7-5-15(24)10-14(21)3-4-17-18(21)11-19(25)22(2)16(6-8-23(17,22)27)13-9-20(26)28-12-13/h9,14-19,24-25,27H,3-8,10-12H2,1-2H3/t14-,15-,16+,17+,18-,19-,21-,22-,23-/m0/s1. The first-order valence-corrected chi connectivity index (χ1v) is 11.2. The summed E-state index contributed by atoms with van der Waals surface area (Å²) in [4.78, 5) is 11.6. The van der Waals surface area contributed by atoms with Crippen molar-refractivity contribution in [3.05, 3.63) is 11.6 Å². The number of fused-ring (bicyclic) bond motifs is 5. The van der Waals surface area contributed by atoms with Crippen molar-refractivity contribution < 1.29 is 24.9 Å². The fraction of sp³-hybridized carbons (Fsp3) is 0.870. The van der Waals surface area contributed by atoms with Crippen LogP contribution in [0.25, 0.3) is 0 Å². The molecule has 1 heterocycles. The predicted octanol–water partition coefficient (Wildman–Crippen LogP) is 2.58. The summed E-state index contributed by atoms with van der Waals surface area (Å²) in [6, 6.07) is 0. The van der Waals surface area contributed by atoms with Crippen LogP contribution < -0.4 is 0 Å². The Hall–Kier alpha value is -0.910. The van der Waals surface area contributed by atoms with E-state index in [1.165, 1.54) is 0 Å². The molecule has 5 heteroatoms. The molecule has 0 bridgehead atoms. The van der Waals surface area contributed by atoms with Crippen LogP contribution in [-0.4, -0.2) is 45.7 Å². The number of cyclic esters (lactones) is 1. The minimum absolute atomic E-state index is 0.00129. The van der Waals surface area contributed by atoms with Crippen molar-refractivity contribution in [2.75, 3.05) is 6.61 Å². The molecule has 5 aliphatic rings. The zero-order valence-electron chi connectivity index (χ0n) is 17.1. The smallest absolute Gasteiger partial charge is 0.331 e. The van der Waals surface area contributed by atoms with Crippen LogP contribution in [-0.2, 0) is 9.53 Å². The maximum absolute atomic E-state index is 12.1. The number of hydrogen-bond acceptors (Lipinski definition) is 5. The molecule has 0 aromatic rings. The van der Waals surface area contributed by atoms with Gasteiger partial charge in [-0.2, -0.15) is 0 Å². The Morgan fingerprint density at radius 1 is 1.04 bits per heavy atom. The van der Waals surface area contributed by atoms with E-state index in [1.54, 1.807) is 6.08 Å². The Morgan fingerprint density at radius 3 is 2.54 bits per heavy atom. The lowest BCUT2D eigenvalue weighted by molar-refractivity contribution is -0.244. The lowest BCUT2D eigenvalue weighted by atomic mass is 9.42. The summed E-state index contributed by atoms with van der Waals surface area (Å²) in [7, 11) is 0. The molecule has 5 nitrogen and oxygen atoms in total. The third kappa shape index (κ3) is 2.27. The second-order valence-electron chi connectivity index (χ2n) is 10.8. The highest BCUT2D eigenvalue weighted by atomic mass is 16.5. The van der Waals surface area contributed by atoms with E-state index >= 15 is 0 Å². The van der Waals surface area contributed by atoms with E-state index in [2.05, 4.69) is 6.92 Å². The van der Waals surface area contributed by atoms with Gasteiger partial charge in [0, 0.05) is 11.5 Å². The Morgan fingerprint density at radius 2 is 1.82 bits per heavy atom. The maximum atomic E-state index is 12.1. The van der Waals surface area contributed by atoms with E-state index in [4.69, 9.17) is 4.74 Å².